The van der Waals surface area contributed by atoms with Crippen LogP contribution in [0.5, 0.6) is 0 Å². The fourth-order valence-corrected chi connectivity index (χ4v) is 6.16. The zero-order valence-electron chi connectivity index (χ0n) is 22.7. The lowest BCUT2D eigenvalue weighted by Crippen LogP contribution is -2.73. The van der Waals surface area contributed by atoms with E-state index in [0.717, 1.165) is 41.3 Å². The minimum atomic E-state index is -1.81. The molecule has 1 aromatic heterocycles. The molecule has 2 unspecified atom stereocenters. The highest BCUT2D eigenvalue weighted by atomic mass is 32.2. The first-order valence-electron chi connectivity index (χ1n) is 12.4. The van der Waals surface area contributed by atoms with E-state index < -0.39 is 73.1 Å². The van der Waals surface area contributed by atoms with Crippen molar-refractivity contribution in [2.75, 3.05) is 18.0 Å². The molecule has 18 nitrogen and oxygen atoms in total. The van der Waals surface area contributed by atoms with Crippen molar-refractivity contribution >= 4 is 75.1 Å². The zero-order valence-corrected chi connectivity index (χ0v) is 24.4. The van der Waals surface area contributed by atoms with E-state index in [2.05, 4.69) is 15.5 Å². The number of carboxylic acids is 2. The van der Waals surface area contributed by atoms with Gasteiger partial charge in [-0.05, 0) is 19.9 Å². The van der Waals surface area contributed by atoms with Gasteiger partial charge in [0.2, 0.25) is 11.5 Å². The number of fused-ring (bicyclic) bond motifs is 1. The van der Waals surface area contributed by atoms with Gasteiger partial charge in [0.25, 0.3) is 17.3 Å². The minimum absolute atomic E-state index is 0.0264. The normalized spacial score (nSPS) is 21.7. The van der Waals surface area contributed by atoms with Gasteiger partial charge in [-0.15, -0.1) is 23.1 Å². The molecular formula is C24H23N7O11S2. The number of non-ortho nitro benzene ring substituents is 1. The van der Waals surface area contributed by atoms with Crippen molar-refractivity contribution in [1.29, 1.82) is 0 Å². The second-order valence-corrected chi connectivity index (χ2v) is 12.1. The first-order chi connectivity index (χ1) is 20.6. The second-order valence-electron chi connectivity index (χ2n) is 10.1. The molecule has 5 N–H and O–H groups in total. The van der Waals surface area contributed by atoms with Crippen molar-refractivity contribution in [2.24, 2.45) is 10.6 Å². The number of carboxylic acid groups (broad SMARTS) is 2. The molecule has 0 aliphatic carbocycles. The molecule has 1 aromatic carbocycles. The number of nitrogens with one attached hydrogen (secondary N) is 1. The second kappa shape index (κ2) is 11.9. The molecule has 2 fully saturated rings. The Morgan fingerprint density at radius 1 is 1.27 bits per heavy atom. The van der Waals surface area contributed by atoms with Crippen molar-refractivity contribution in [3.63, 3.8) is 0 Å². The van der Waals surface area contributed by atoms with Crippen LogP contribution >= 0.6 is 23.1 Å². The van der Waals surface area contributed by atoms with Crippen LogP contribution in [-0.4, -0.2) is 88.7 Å². The molecule has 2 aliphatic rings. The lowest BCUT2D eigenvalue weighted by molar-refractivity contribution is -0.394. The number of carbonyl (C=O) groups is 4. The summed E-state index contributed by atoms with van der Waals surface area (Å²) in [6.45, 7) is 2.08. The summed E-state index contributed by atoms with van der Waals surface area (Å²) in [4.78, 5) is 81.2. The van der Waals surface area contributed by atoms with E-state index in [9.17, 15) is 49.6 Å². The average Bonchev–Trinajstić information content (AvgIpc) is 3.39. The molecule has 0 spiro atoms. The summed E-state index contributed by atoms with van der Waals surface area (Å²) >= 11 is 2.02. The number of nitrogens with zero attached hydrogens (tertiary/aromatic N) is 5. The van der Waals surface area contributed by atoms with Gasteiger partial charge in [0, 0.05) is 23.7 Å². The van der Waals surface area contributed by atoms with Crippen LogP contribution in [0.25, 0.3) is 6.08 Å². The Hall–Kier alpha value is -5.11. The van der Waals surface area contributed by atoms with Gasteiger partial charge in [-0.2, -0.15) is 0 Å². The van der Waals surface area contributed by atoms with E-state index in [4.69, 9.17) is 10.6 Å². The van der Waals surface area contributed by atoms with Crippen LogP contribution < -0.4 is 11.1 Å². The number of aromatic nitrogens is 1. The van der Waals surface area contributed by atoms with Gasteiger partial charge in [0.1, 0.15) is 22.5 Å². The summed E-state index contributed by atoms with van der Waals surface area (Å²) in [5.41, 5.74) is 0.518. The van der Waals surface area contributed by atoms with E-state index in [1.54, 1.807) is 0 Å². The lowest BCUT2D eigenvalue weighted by atomic mass is 9.86. The maximum absolute atomic E-state index is 13.2. The minimum Gasteiger partial charge on any atom is -0.481 e. The van der Waals surface area contributed by atoms with Crippen LogP contribution in [0.2, 0.25) is 0 Å². The molecule has 4 rings (SSSR count). The number of oxime groups is 1. The third kappa shape index (κ3) is 6.15. The van der Waals surface area contributed by atoms with Gasteiger partial charge in [-0.3, -0.25) is 34.6 Å². The first-order valence-corrected chi connectivity index (χ1v) is 14.3. The Kier molecular flexibility index (Phi) is 8.59. The highest BCUT2D eigenvalue weighted by Gasteiger charge is 2.57. The smallest absolute Gasteiger partial charge is 0.350 e. The number of thioether (sulfide) groups is 1. The largest absolute Gasteiger partial charge is 0.481 e. The van der Waals surface area contributed by atoms with E-state index in [-0.39, 0.29) is 28.7 Å². The van der Waals surface area contributed by atoms with Gasteiger partial charge in [0.15, 0.2) is 10.8 Å². The van der Waals surface area contributed by atoms with Crippen molar-refractivity contribution < 1.29 is 44.1 Å². The maximum atomic E-state index is 13.2. The summed E-state index contributed by atoms with van der Waals surface area (Å²) < 4.78 is 0. The van der Waals surface area contributed by atoms with Crippen LogP contribution in [0.3, 0.4) is 0 Å². The fraction of sp³-hybridized carbons (Fsp3) is 0.333. The summed E-state index contributed by atoms with van der Waals surface area (Å²) in [5.74, 6) is -4.32. The van der Waals surface area contributed by atoms with Gasteiger partial charge >= 0.3 is 11.9 Å². The predicted octanol–water partition coefficient (Wildman–Crippen LogP) is 1.31. The Bertz CT molecular complexity index is 1640. The zero-order chi connectivity index (χ0) is 32.6. The number of thiazole rings is 1. The molecule has 0 bridgehead atoms. The highest BCUT2D eigenvalue weighted by Crippen LogP contribution is 2.43. The summed E-state index contributed by atoms with van der Waals surface area (Å²) in [7, 11) is 0. The lowest BCUT2D eigenvalue weighted by Gasteiger charge is -2.53. The number of amides is 2. The monoisotopic (exact) mass is 649 g/mol. The van der Waals surface area contributed by atoms with Crippen molar-refractivity contribution in [2.45, 2.75) is 30.9 Å². The van der Waals surface area contributed by atoms with Crippen molar-refractivity contribution in [3.05, 3.63) is 61.1 Å². The standard InChI is InChI=1S/C24H23N7O11S2/c1-23(2,20(34)35)42-28-15(13-8-43-22(25)26-13)17(32)27-16-18(33)29-9-24(21(36)37,10-44-19(16)29)6-5-11-3-4-12(30(38)39)7-14(11)31(40)41/h3-8,16,19H,9-10H2,1-2H3,(H2,25,26)(H,27,32)(H,34,35)(H,36,37)/t16?,19-,24?/m1/s1. The number of carbonyl (C=O) groups excluding carboxylic acids is 2. The van der Waals surface area contributed by atoms with E-state index >= 15 is 0 Å². The highest BCUT2D eigenvalue weighted by molar-refractivity contribution is 8.00. The number of nitro benzene ring substituents is 2. The van der Waals surface area contributed by atoms with E-state index in [1.165, 1.54) is 36.3 Å². The number of hydrogen-bond acceptors (Lipinski definition) is 14. The van der Waals surface area contributed by atoms with Crippen LogP contribution in [0.1, 0.15) is 25.1 Å². The third-order valence-electron chi connectivity index (χ3n) is 6.68. The van der Waals surface area contributed by atoms with Crippen LogP contribution in [0.15, 0.2) is 34.8 Å². The Balaban J connectivity index is 1.53. The number of rotatable bonds is 11. The number of nitro groups is 2. The summed E-state index contributed by atoms with van der Waals surface area (Å²) in [5, 5.41) is 48.8. The Morgan fingerprint density at radius 3 is 2.55 bits per heavy atom. The molecule has 3 atom stereocenters. The maximum Gasteiger partial charge on any atom is 0.350 e. The molecule has 20 heteroatoms. The number of aliphatic carboxylic acids is 2. The number of anilines is 1. The fourth-order valence-electron chi connectivity index (χ4n) is 4.10. The average molecular weight is 650 g/mol. The Morgan fingerprint density at radius 2 is 1.98 bits per heavy atom. The van der Waals surface area contributed by atoms with Crippen LogP contribution in [0, 0.1) is 25.6 Å². The van der Waals surface area contributed by atoms with Crippen molar-refractivity contribution in [3.8, 4) is 0 Å². The number of hydrogen-bond donors (Lipinski definition) is 4. The molecule has 2 aliphatic heterocycles. The van der Waals surface area contributed by atoms with Crippen molar-refractivity contribution in [1.82, 2.24) is 15.2 Å². The molecule has 0 saturated carbocycles. The number of nitrogens with two attached hydrogens (primary N) is 1. The van der Waals surface area contributed by atoms with Crippen LogP contribution in [-0.2, 0) is 24.0 Å². The van der Waals surface area contributed by atoms with Gasteiger partial charge < -0.3 is 31.0 Å². The molecule has 0 radical (unpaired) electrons. The number of nitrogen functional groups attached to an aromatic ring is 1. The molecule has 2 amide bonds. The van der Waals surface area contributed by atoms with Crippen LogP contribution in [0.4, 0.5) is 16.5 Å². The Labute approximate surface area is 254 Å². The van der Waals surface area contributed by atoms with E-state index in [0.29, 0.717) is 0 Å². The first kappa shape index (κ1) is 31.8. The molecule has 3 heterocycles. The quantitative estimate of drug-likeness (QED) is 0.116. The number of benzene rings is 1. The van der Waals surface area contributed by atoms with Gasteiger partial charge in [0.05, 0.1) is 21.5 Å². The molecule has 2 saturated heterocycles. The van der Waals surface area contributed by atoms with Gasteiger partial charge in [-0.1, -0.05) is 17.3 Å². The van der Waals surface area contributed by atoms with Gasteiger partial charge in [-0.25, -0.2) is 9.78 Å². The topological polar surface area (TPSA) is 271 Å². The predicted molar refractivity (Wildman–Crippen MR) is 155 cm³/mol. The molecular weight excluding hydrogens is 626 g/mol. The SMILES string of the molecule is CC(C)(ON=C(C(=O)NC1C(=O)N2CC(C=Cc3ccc([N+](=O)[O-])cc3[N+](=O)[O-])(C(=O)O)CS[C@H]12)c1csc(N)n1)C(=O)O. The molecule has 2 aromatic rings. The van der Waals surface area contributed by atoms with E-state index in [1.807, 2.05) is 0 Å². The third-order valence-corrected chi connectivity index (χ3v) is 8.91. The summed E-state index contributed by atoms with van der Waals surface area (Å²) in [6.07, 6.45) is 2.37. The molecule has 44 heavy (non-hydrogen) atoms. The number of β-lactam (4-membered cyclic amide) rings is 1. The summed E-state index contributed by atoms with van der Waals surface area (Å²) in [6, 6.07) is 1.82. The molecule has 232 valence electrons.